The molecule has 4 rings (SSSR count). The van der Waals surface area contributed by atoms with Gasteiger partial charge in [0.1, 0.15) is 6.04 Å². The van der Waals surface area contributed by atoms with Crippen molar-refractivity contribution in [2.75, 3.05) is 0 Å². The van der Waals surface area contributed by atoms with Crippen LogP contribution in [0.4, 0.5) is 13.2 Å². The van der Waals surface area contributed by atoms with Gasteiger partial charge < -0.3 is 5.32 Å². The van der Waals surface area contributed by atoms with Crippen molar-refractivity contribution in [3.63, 3.8) is 0 Å². The number of carbonyl (C=O) groups is 2. The van der Waals surface area contributed by atoms with E-state index in [0.717, 1.165) is 25.0 Å². The minimum atomic E-state index is -1.54. The Morgan fingerprint density at radius 3 is 2.23 bits per heavy atom. The van der Waals surface area contributed by atoms with Gasteiger partial charge in [-0.1, -0.05) is 30.7 Å². The monoisotopic (exact) mass is 432 g/mol. The van der Waals surface area contributed by atoms with Crippen LogP contribution in [-0.4, -0.2) is 17.0 Å². The Hall–Kier alpha value is -2.87. The normalized spacial score (nSPS) is 22.9. The maximum Gasteiger partial charge on any atom is 0.270 e. The fourth-order valence-electron chi connectivity index (χ4n) is 5.04. The third-order valence-corrected chi connectivity index (χ3v) is 6.57. The Bertz CT molecular complexity index is 973. The van der Waals surface area contributed by atoms with Gasteiger partial charge >= 0.3 is 0 Å². The zero-order valence-corrected chi connectivity index (χ0v) is 16.7. The molecule has 2 aromatic carbocycles. The number of amides is 2. The molecule has 2 bridgehead atoms. The summed E-state index contributed by atoms with van der Waals surface area (Å²) < 4.78 is 40.2. The van der Waals surface area contributed by atoms with Crippen molar-refractivity contribution in [1.82, 2.24) is 10.8 Å². The first-order valence-electron chi connectivity index (χ1n) is 10.3. The summed E-state index contributed by atoms with van der Waals surface area (Å²) in [7, 11) is 0. The highest BCUT2D eigenvalue weighted by Crippen LogP contribution is 2.49. The number of rotatable bonds is 6. The predicted octanol–water partition coefficient (Wildman–Crippen LogP) is 4.26. The van der Waals surface area contributed by atoms with E-state index in [-0.39, 0.29) is 11.5 Å². The summed E-state index contributed by atoms with van der Waals surface area (Å²) in [5, 5.41) is 11.8. The van der Waals surface area contributed by atoms with Crippen molar-refractivity contribution < 1.29 is 28.0 Å². The van der Waals surface area contributed by atoms with Crippen LogP contribution in [-0.2, 0) is 9.59 Å². The molecule has 31 heavy (non-hydrogen) atoms. The highest BCUT2D eigenvalue weighted by Gasteiger charge is 2.40. The van der Waals surface area contributed by atoms with E-state index in [2.05, 4.69) is 5.32 Å². The van der Waals surface area contributed by atoms with Crippen molar-refractivity contribution in [3.8, 4) is 11.1 Å². The Kier molecular flexibility index (Phi) is 6.00. The standard InChI is InChI=1S/C23H23F3N2O3/c24-18-9-17(10-19(25)21(18)26)13-3-5-14(6-4-13)22(23(30)28-31)27-20(29)11-16-8-12-1-2-15(16)7-12/h3-6,9-10,12,15-16,22,31H,1-2,7-8,11H2,(H,27,29)(H,28,30). The molecule has 2 aliphatic carbocycles. The number of hydroxylamine groups is 1. The van der Waals surface area contributed by atoms with Gasteiger partial charge in [0.15, 0.2) is 17.5 Å². The average Bonchev–Trinajstić information content (AvgIpc) is 3.38. The summed E-state index contributed by atoms with van der Waals surface area (Å²) in [6, 6.07) is 6.65. The molecule has 2 amide bonds. The predicted molar refractivity (Wildman–Crippen MR) is 106 cm³/mol. The number of hydrogen-bond donors (Lipinski definition) is 3. The Labute approximate surface area is 177 Å². The molecule has 0 aromatic heterocycles. The third-order valence-electron chi connectivity index (χ3n) is 6.57. The summed E-state index contributed by atoms with van der Waals surface area (Å²) in [5.41, 5.74) is 2.48. The molecule has 2 saturated carbocycles. The van der Waals surface area contributed by atoms with Crippen molar-refractivity contribution in [1.29, 1.82) is 0 Å². The molecule has 0 saturated heterocycles. The molecule has 0 radical (unpaired) electrons. The number of hydrogen-bond acceptors (Lipinski definition) is 3. The lowest BCUT2D eigenvalue weighted by Gasteiger charge is -2.23. The quantitative estimate of drug-likeness (QED) is 0.363. The van der Waals surface area contributed by atoms with E-state index in [1.807, 2.05) is 0 Å². The lowest BCUT2D eigenvalue weighted by atomic mass is 9.86. The minimum absolute atomic E-state index is 0.131. The van der Waals surface area contributed by atoms with E-state index in [0.29, 0.717) is 35.3 Å². The van der Waals surface area contributed by atoms with Gasteiger partial charge in [-0.3, -0.25) is 14.8 Å². The van der Waals surface area contributed by atoms with E-state index >= 15 is 0 Å². The van der Waals surface area contributed by atoms with Gasteiger partial charge in [-0.25, -0.2) is 18.7 Å². The molecule has 2 fully saturated rings. The molecule has 0 heterocycles. The van der Waals surface area contributed by atoms with E-state index in [4.69, 9.17) is 5.21 Å². The second-order valence-corrected chi connectivity index (χ2v) is 8.49. The zero-order chi connectivity index (χ0) is 22.1. The Balaban J connectivity index is 1.49. The van der Waals surface area contributed by atoms with Crippen molar-refractivity contribution >= 4 is 11.8 Å². The second-order valence-electron chi connectivity index (χ2n) is 8.49. The topological polar surface area (TPSA) is 78.4 Å². The molecule has 8 heteroatoms. The van der Waals surface area contributed by atoms with Crippen LogP contribution in [0.2, 0.25) is 0 Å². The molecular weight excluding hydrogens is 409 g/mol. The fourth-order valence-corrected chi connectivity index (χ4v) is 5.04. The van der Waals surface area contributed by atoms with Crippen LogP contribution in [0.5, 0.6) is 0 Å². The van der Waals surface area contributed by atoms with E-state index in [1.54, 1.807) is 5.48 Å². The van der Waals surface area contributed by atoms with Crippen LogP contribution in [0.1, 0.15) is 43.7 Å². The molecule has 0 aliphatic heterocycles. The number of carbonyl (C=O) groups excluding carboxylic acids is 2. The van der Waals surface area contributed by atoms with Crippen LogP contribution in [0.15, 0.2) is 36.4 Å². The van der Waals surface area contributed by atoms with Gasteiger partial charge in [-0.05, 0) is 65.8 Å². The summed E-state index contributed by atoms with van der Waals surface area (Å²) in [6.45, 7) is 0. The largest absolute Gasteiger partial charge is 0.340 e. The molecule has 4 unspecified atom stereocenters. The lowest BCUT2D eigenvalue weighted by molar-refractivity contribution is -0.135. The third kappa shape index (κ3) is 4.44. The van der Waals surface area contributed by atoms with E-state index < -0.39 is 29.4 Å². The first-order valence-corrected chi connectivity index (χ1v) is 10.3. The molecule has 5 nitrogen and oxygen atoms in total. The molecule has 4 atom stereocenters. The average molecular weight is 432 g/mol. The molecule has 164 valence electrons. The van der Waals surface area contributed by atoms with E-state index in [1.165, 1.54) is 37.1 Å². The van der Waals surface area contributed by atoms with Crippen LogP contribution in [0, 0.1) is 35.2 Å². The first-order chi connectivity index (χ1) is 14.9. The molecule has 3 N–H and O–H groups in total. The maximum atomic E-state index is 13.5. The van der Waals surface area contributed by atoms with Gasteiger partial charge in [0, 0.05) is 6.42 Å². The summed E-state index contributed by atoms with van der Waals surface area (Å²) >= 11 is 0. The van der Waals surface area contributed by atoms with Crippen molar-refractivity contribution in [2.24, 2.45) is 17.8 Å². The van der Waals surface area contributed by atoms with Gasteiger partial charge in [0.2, 0.25) is 5.91 Å². The van der Waals surface area contributed by atoms with Crippen LogP contribution in [0.3, 0.4) is 0 Å². The Morgan fingerprint density at radius 2 is 1.68 bits per heavy atom. The van der Waals surface area contributed by atoms with Crippen LogP contribution in [0.25, 0.3) is 11.1 Å². The highest BCUT2D eigenvalue weighted by atomic mass is 19.2. The summed E-state index contributed by atoms with van der Waals surface area (Å²) in [5.74, 6) is -3.62. The maximum absolute atomic E-state index is 13.5. The van der Waals surface area contributed by atoms with Gasteiger partial charge in [-0.2, -0.15) is 0 Å². The van der Waals surface area contributed by atoms with E-state index in [9.17, 15) is 22.8 Å². The number of fused-ring (bicyclic) bond motifs is 2. The van der Waals surface area contributed by atoms with Crippen molar-refractivity contribution in [2.45, 2.75) is 38.1 Å². The molecular formula is C23H23F3N2O3. The highest BCUT2D eigenvalue weighted by molar-refractivity contribution is 5.88. The van der Waals surface area contributed by atoms with Gasteiger partial charge in [0.05, 0.1) is 0 Å². The van der Waals surface area contributed by atoms with Gasteiger partial charge in [0.25, 0.3) is 5.91 Å². The van der Waals surface area contributed by atoms with Crippen molar-refractivity contribution in [3.05, 3.63) is 59.4 Å². The first kappa shape index (κ1) is 21.4. The smallest absolute Gasteiger partial charge is 0.270 e. The van der Waals surface area contributed by atoms with Gasteiger partial charge in [-0.15, -0.1) is 0 Å². The fraction of sp³-hybridized carbons (Fsp3) is 0.391. The number of nitrogens with one attached hydrogen (secondary N) is 2. The minimum Gasteiger partial charge on any atom is -0.340 e. The molecule has 0 spiro atoms. The Morgan fingerprint density at radius 1 is 1.00 bits per heavy atom. The second kappa shape index (κ2) is 8.70. The number of benzene rings is 2. The van der Waals surface area contributed by atoms with Crippen LogP contribution < -0.4 is 10.8 Å². The number of halogens is 3. The van der Waals surface area contributed by atoms with Crippen LogP contribution >= 0.6 is 0 Å². The molecule has 2 aliphatic rings. The summed E-state index contributed by atoms with van der Waals surface area (Å²) in [4.78, 5) is 24.8. The summed E-state index contributed by atoms with van der Waals surface area (Å²) in [6.07, 6.45) is 4.92. The lowest BCUT2D eigenvalue weighted by Crippen LogP contribution is -2.40. The zero-order valence-electron chi connectivity index (χ0n) is 16.7. The SMILES string of the molecule is O=C(CC1CC2CCC1C2)NC(C(=O)NO)c1ccc(-c2cc(F)c(F)c(F)c2)cc1. The molecule has 2 aromatic rings.